The van der Waals surface area contributed by atoms with Gasteiger partial charge in [-0.25, -0.2) is 9.59 Å². The summed E-state index contributed by atoms with van der Waals surface area (Å²) in [5.74, 6) is -0.370. The average Bonchev–Trinajstić information content (AvgIpc) is 2.56. The molecule has 7 heteroatoms. The fourth-order valence-corrected chi connectivity index (χ4v) is 2.40. The van der Waals surface area contributed by atoms with E-state index in [1.807, 2.05) is 20.8 Å². The molecule has 1 rings (SSSR count). The zero-order valence-corrected chi connectivity index (χ0v) is 15.5. The molecular weight excluding hydrogens is 310 g/mol. The minimum absolute atomic E-state index is 0.350. The molecule has 136 valence electrons. The predicted octanol–water partition coefficient (Wildman–Crippen LogP) is 3.05. The number of hydrogen-bond donors (Lipinski definition) is 1. The molecule has 0 saturated carbocycles. The molecule has 0 aromatic carbocycles. The fraction of sp³-hybridized carbons (Fsp3) is 0.824. The first-order valence-electron chi connectivity index (χ1n) is 8.28. The molecule has 0 aliphatic carbocycles. The first-order valence-corrected chi connectivity index (χ1v) is 8.28. The molecule has 0 spiro atoms. The summed E-state index contributed by atoms with van der Waals surface area (Å²) in [5.41, 5.74) is -1.16. The van der Waals surface area contributed by atoms with Crippen molar-refractivity contribution in [3.05, 3.63) is 0 Å². The maximum absolute atomic E-state index is 12.2. The summed E-state index contributed by atoms with van der Waals surface area (Å²) < 4.78 is 10.6. The van der Waals surface area contributed by atoms with Crippen LogP contribution in [0, 0.1) is 17.2 Å². The number of nitriles is 1. The van der Waals surface area contributed by atoms with Crippen LogP contribution in [0.5, 0.6) is 0 Å². The van der Waals surface area contributed by atoms with Gasteiger partial charge < -0.3 is 19.7 Å². The minimum atomic E-state index is -0.598. The van der Waals surface area contributed by atoms with Crippen molar-refractivity contribution in [1.82, 2.24) is 10.2 Å². The van der Waals surface area contributed by atoms with Crippen LogP contribution in [0.1, 0.15) is 54.4 Å². The van der Waals surface area contributed by atoms with Crippen molar-refractivity contribution in [2.45, 2.75) is 71.6 Å². The Hall–Kier alpha value is -1.97. The van der Waals surface area contributed by atoms with Gasteiger partial charge in [0.1, 0.15) is 11.2 Å². The van der Waals surface area contributed by atoms with Crippen molar-refractivity contribution in [3.8, 4) is 6.07 Å². The van der Waals surface area contributed by atoms with E-state index in [2.05, 4.69) is 11.4 Å². The van der Waals surface area contributed by atoms with E-state index in [1.54, 1.807) is 25.7 Å². The van der Waals surface area contributed by atoms with E-state index in [4.69, 9.17) is 9.47 Å². The van der Waals surface area contributed by atoms with Gasteiger partial charge in [0.15, 0.2) is 0 Å². The molecule has 0 radical (unpaired) electrons. The molecule has 1 saturated heterocycles. The van der Waals surface area contributed by atoms with Gasteiger partial charge in [0.2, 0.25) is 0 Å². The van der Waals surface area contributed by atoms with Gasteiger partial charge in [0, 0.05) is 19.1 Å². The van der Waals surface area contributed by atoms with Gasteiger partial charge in [-0.2, -0.15) is 5.26 Å². The lowest BCUT2D eigenvalue weighted by molar-refractivity contribution is 0.0255. The van der Waals surface area contributed by atoms with Crippen molar-refractivity contribution in [1.29, 1.82) is 5.26 Å². The maximum atomic E-state index is 12.2. The zero-order valence-electron chi connectivity index (χ0n) is 15.5. The number of rotatable bonds is 1. The molecule has 2 amide bonds. The van der Waals surface area contributed by atoms with E-state index >= 15 is 0 Å². The Balaban J connectivity index is 2.68. The molecule has 0 aromatic heterocycles. The van der Waals surface area contributed by atoms with Gasteiger partial charge >= 0.3 is 12.2 Å². The molecular formula is C17H29N3O4. The number of hydrogen-bond acceptors (Lipinski definition) is 5. The summed E-state index contributed by atoms with van der Waals surface area (Å²) in [7, 11) is 0. The smallest absolute Gasteiger partial charge is 0.410 e. The van der Waals surface area contributed by atoms with Crippen molar-refractivity contribution >= 4 is 12.2 Å². The number of amides is 2. The molecule has 1 aliphatic heterocycles. The molecule has 0 unspecified atom stereocenters. The minimum Gasteiger partial charge on any atom is -0.444 e. The Labute approximate surface area is 144 Å². The van der Waals surface area contributed by atoms with Crippen LogP contribution < -0.4 is 5.32 Å². The third-order valence-corrected chi connectivity index (χ3v) is 3.43. The lowest BCUT2D eigenvalue weighted by Crippen LogP contribution is -2.43. The summed E-state index contributed by atoms with van der Waals surface area (Å²) in [6, 6.07) is 1.87. The highest BCUT2D eigenvalue weighted by molar-refractivity contribution is 5.69. The van der Waals surface area contributed by atoms with Crippen LogP contribution in [0.4, 0.5) is 9.59 Å². The summed E-state index contributed by atoms with van der Waals surface area (Å²) in [6.45, 7) is 11.6. The molecule has 1 aliphatic rings. The molecule has 1 fully saturated rings. The monoisotopic (exact) mass is 339 g/mol. The van der Waals surface area contributed by atoms with Crippen LogP contribution in [-0.2, 0) is 9.47 Å². The van der Waals surface area contributed by atoms with Crippen LogP contribution in [0.15, 0.2) is 0 Å². The number of nitrogens with zero attached hydrogens (tertiary/aromatic N) is 2. The number of ether oxygens (including phenoxy) is 2. The standard InChI is InChI=1S/C17H29N3O4/c1-16(2,3)23-14(21)19-13-8-10-20(9-7-12(13)11-18)15(22)24-17(4,5)6/h12-13H,7-10H2,1-6H3,(H,19,21)/t12-,13-/m1/s1. The Bertz CT molecular complexity index is 499. The van der Waals surface area contributed by atoms with E-state index in [0.717, 1.165) is 0 Å². The van der Waals surface area contributed by atoms with E-state index in [0.29, 0.717) is 25.9 Å². The van der Waals surface area contributed by atoms with Crippen LogP contribution in [0.3, 0.4) is 0 Å². The normalized spacial score (nSPS) is 22.1. The Kier molecular flexibility index (Phi) is 6.47. The number of nitrogens with one attached hydrogen (secondary N) is 1. The molecule has 7 nitrogen and oxygen atoms in total. The van der Waals surface area contributed by atoms with Crippen molar-refractivity contribution in [2.75, 3.05) is 13.1 Å². The van der Waals surface area contributed by atoms with Gasteiger partial charge in [-0.3, -0.25) is 0 Å². The molecule has 24 heavy (non-hydrogen) atoms. The largest absolute Gasteiger partial charge is 0.444 e. The van der Waals surface area contributed by atoms with Gasteiger partial charge in [0.25, 0.3) is 0 Å². The summed E-state index contributed by atoms with van der Waals surface area (Å²) >= 11 is 0. The third kappa shape index (κ3) is 7.07. The average molecular weight is 339 g/mol. The van der Waals surface area contributed by atoms with Crippen LogP contribution in [0.2, 0.25) is 0 Å². The third-order valence-electron chi connectivity index (χ3n) is 3.43. The van der Waals surface area contributed by atoms with E-state index < -0.39 is 23.4 Å². The summed E-state index contributed by atoms with van der Waals surface area (Å²) in [4.78, 5) is 25.7. The number of carbonyl (C=O) groups is 2. The predicted molar refractivity (Wildman–Crippen MR) is 89.3 cm³/mol. The molecule has 1 heterocycles. The number of carbonyl (C=O) groups excluding carboxylic acids is 2. The Morgan fingerprint density at radius 2 is 1.58 bits per heavy atom. The van der Waals surface area contributed by atoms with Gasteiger partial charge in [-0.15, -0.1) is 0 Å². The van der Waals surface area contributed by atoms with Gasteiger partial charge in [-0.1, -0.05) is 0 Å². The maximum Gasteiger partial charge on any atom is 0.410 e. The molecule has 0 aromatic rings. The van der Waals surface area contributed by atoms with E-state index in [1.165, 1.54) is 0 Å². The molecule has 2 atom stereocenters. The van der Waals surface area contributed by atoms with Crippen LogP contribution in [0.25, 0.3) is 0 Å². The summed E-state index contributed by atoms with van der Waals surface area (Å²) in [6.07, 6.45) is 0.0305. The topological polar surface area (TPSA) is 91.7 Å². The Morgan fingerprint density at radius 3 is 2.08 bits per heavy atom. The van der Waals surface area contributed by atoms with Crippen molar-refractivity contribution in [3.63, 3.8) is 0 Å². The van der Waals surface area contributed by atoms with Crippen molar-refractivity contribution in [2.24, 2.45) is 5.92 Å². The highest BCUT2D eigenvalue weighted by Crippen LogP contribution is 2.20. The highest BCUT2D eigenvalue weighted by atomic mass is 16.6. The van der Waals surface area contributed by atoms with Crippen LogP contribution in [-0.4, -0.2) is 47.4 Å². The second kappa shape index (κ2) is 7.73. The second-order valence-corrected chi connectivity index (χ2v) is 8.03. The van der Waals surface area contributed by atoms with E-state index in [9.17, 15) is 14.9 Å². The second-order valence-electron chi connectivity index (χ2n) is 8.03. The van der Waals surface area contributed by atoms with Gasteiger partial charge in [0.05, 0.1) is 12.0 Å². The zero-order chi connectivity index (χ0) is 18.5. The lowest BCUT2D eigenvalue weighted by atomic mass is 9.97. The van der Waals surface area contributed by atoms with Crippen LogP contribution >= 0.6 is 0 Å². The molecule has 0 bridgehead atoms. The summed E-state index contributed by atoms with van der Waals surface area (Å²) in [5, 5.41) is 12.1. The molecule has 1 N–H and O–H groups in total. The Morgan fingerprint density at radius 1 is 1.04 bits per heavy atom. The first-order chi connectivity index (χ1) is 10.9. The number of likely N-dealkylation sites (tertiary alicyclic amines) is 1. The quantitative estimate of drug-likeness (QED) is 0.792. The SMILES string of the molecule is CC(C)(C)OC(=O)N[C@@H]1CCN(C(=O)OC(C)(C)C)CC[C@@H]1C#N. The van der Waals surface area contributed by atoms with E-state index in [-0.39, 0.29) is 12.0 Å². The van der Waals surface area contributed by atoms with Crippen molar-refractivity contribution < 1.29 is 19.1 Å². The van der Waals surface area contributed by atoms with Gasteiger partial charge in [-0.05, 0) is 54.4 Å². The first kappa shape index (κ1) is 20.1. The number of alkyl carbamates (subject to hydrolysis) is 1. The fourth-order valence-electron chi connectivity index (χ4n) is 2.40. The lowest BCUT2D eigenvalue weighted by Gasteiger charge is -2.26. The highest BCUT2D eigenvalue weighted by Gasteiger charge is 2.32.